The normalized spacial score (nSPS) is 21.1. The second-order valence-corrected chi connectivity index (χ2v) is 8.65. The fourth-order valence-electron chi connectivity index (χ4n) is 4.40. The van der Waals surface area contributed by atoms with Gasteiger partial charge in [0.25, 0.3) is 0 Å². The highest BCUT2D eigenvalue weighted by molar-refractivity contribution is 6.29. The molecule has 0 radical (unpaired) electrons. The Morgan fingerprint density at radius 2 is 1.82 bits per heavy atom. The molecule has 33 heavy (non-hydrogen) atoms. The Morgan fingerprint density at radius 1 is 1.03 bits per heavy atom. The van der Waals surface area contributed by atoms with Crippen LogP contribution in [-0.2, 0) is 4.74 Å². The third-order valence-electron chi connectivity index (χ3n) is 6.08. The van der Waals surface area contributed by atoms with E-state index in [1.54, 1.807) is 18.5 Å². The van der Waals surface area contributed by atoms with Crippen molar-refractivity contribution in [2.24, 2.45) is 0 Å². The molecule has 2 fully saturated rings. The minimum atomic E-state index is 0.122. The van der Waals surface area contributed by atoms with Crippen LogP contribution in [0.2, 0.25) is 5.15 Å². The van der Waals surface area contributed by atoms with E-state index in [0.29, 0.717) is 11.0 Å². The van der Waals surface area contributed by atoms with Crippen LogP contribution in [0.5, 0.6) is 11.8 Å². The summed E-state index contributed by atoms with van der Waals surface area (Å²) in [6.45, 7) is 3.18. The van der Waals surface area contributed by atoms with Crippen molar-refractivity contribution in [3.05, 3.63) is 35.7 Å². The van der Waals surface area contributed by atoms with Crippen molar-refractivity contribution < 1.29 is 14.2 Å². The van der Waals surface area contributed by atoms with E-state index >= 15 is 0 Å². The average Bonchev–Trinajstić information content (AvgIpc) is 2.85. The highest BCUT2D eigenvalue weighted by Gasteiger charge is 2.24. The number of aromatic nitrogens is 4. The van der Waals surface area contributed by atoms with Crippen molar-refractivity contribution in [2.45, 2.75) is 37.8 Å². The van der Waals surface area contributed by atoms with Crippen molar-refractivity contribution in [3.63, 3.8) is 0 Å². The molecule has 174 valence electrons. The number of rotatable bonds is 6. The Morgan fingerprint density at radius 3 is 2.61 bits per heavy atom. The maximum absolute atomic E-state index is 6.50. The summed E-state index contributed by atoms with van der Waals surface area (Å²) in [4.78, 5) is 19.7. The zero-order chi connectivity index (χ0) is 22.6. The molecule has 9 nitrogen and oxygen atoms in total. The molecule has 3 aromatic rings. The van der Waals surface area contributed by atoms with Crippen molar-refractivity contribution in [1.82, 2.24) is 19.9 Å². The zero-order valence-corrected chi connectivity index (χ0v) is 19.3. The van der Waals surface area contributed by atoms with Gasteiger partial charge in [-0.2, -0.15) is 9.97 Å². The van der Waals surface area contributed by atoms with Gasteiger partial charge in [-0.3, -0.25) is 4.98 Å². The lowest BCUT2D eigenvalue weighted by molar-refractivity contribution is 0.122. The van der Waals surface area contributed by atoms with Gasteiger partial charge in [-0.1, -0.05) is 11.6 Å². The van der Waals surface area contributed by atoms with E-state index in [2.05, 4.69) is 42.3 Å². The van der Waals surface area contributed by atoms with Crippen molar-refractivity contribution in [1.29, 1.82) is 0 Å². The number of nitrogens with one attached hydrogen (secondary N) is 1. The predicted octanol–water partition coefficient (Wildman–Crippen LogP) is 3.72. The third kappa shape index (κ3) is 5.20. The summed E-state index contributed by atoms with van der Waals surface area (Å²) in [5, 5.41) is 3.81. The van der Waals surface area contributed by atoms with Crippen molar-refractivity contribution in [2.75, 3.05) is 43.6 Å². The number of methoxy groups -OCH3 is 1. The van der Waals surface area contributed by atoms with Crippen LogP contribution in [0.25, 0.3) is 11.0 Å². The number of hydrogen-bond donors (Lipinski definition) is 1. The second-order valence-electron chi connectivity index (χ2n) is 8.27. The van der Waals surface area contributed by atoms with Crippen LogP contribution in [0, 0.1) is 0 Å². The number of hydrogen-bond acceptors (Lipinski definition) is 9. The summed E-state index contributed by atoms with van der Waals surface area (Å²) in [5.74, 6) is 1.47. The summed E-state index contributed by atoms with van der Waals surface area (Å²) in [7, 11) is 1.53. The van der Waals surface area contributed by atoms with Crippen molar-refractivity contribution in [3.8, 4) is 11.8 Å². The molecule has 1 aliphatic carbocycles. The largest absolute Gasteiger partial charge is 0.488 e. The van der Waals surface area contributed by atoms with E-state index in [4.69, 9.17) is 25.8 Å². The minimum absolute atomic E-state index is 0.122. The van der Waals surface area contributed by atoms with Crippen LogP contribution in [0.15, 0.2) is 30.6 Å². The molecule has 1 aromatic carbocycles. The van der Waals surface area contributed by atoms with E-state index in [-0.39, 0.29) is 18.2 Å². The molecule has 5 rings (SSSR count). The smallest absolute Gasteiger partial charge is 0.319 e. The van der Waals surface area contributed by atoms with Crippen LogP contribution in [-0.4, -0.2) is 65.5 Å². The van der Waals surface area contributed by atoms with Gasteiger partial charge >= 0.3 is 6.01 Å². The number of halogens is 1. The van der Waals surface area contributed by atoms with Gasteiger partial charge in [0.1, 0.15) is 22.2 Å². The van der Waals surface area contributed by atoms with Crippen LogP contribution in [0.3, 0.4) is 0 Å². The van der Waals surface area contributed by atoms with Crippen LogP contribution < -0.4 is 19.7 Å². The molecule has 1 saturated heterocycles. The lowest BCUT2D eigenvalue weighted by Gasteiger charge is -2.31. The molecule has 1 N–H and O–H groups in total. The summed E-state index contributed by atoms with van der Waals surface area (Å²) in [6, 6.07) is 6.45. The first-order chi connectivity index (χ1) is 16.2. The quantitative estimate of drug-likeness (QED) is 0.540. The van der Waals surface area contributed by atoms with Crippen LogP contribution in [0.4, 0.5) is 11.5 Å². The molecular weight excluding hydrogens is 444 g/mol. The van der Waals surface area contributed by atoms with Gasteiger partial charge in [0, 0.05) is 49.3 Å². The molecule has 0 amide bonds. The van der Waals surface area contributed by atoms with E-state index < -0.39 is 0 Å². The molecule has 2 aliphatic rings. The highest BCUT2D eigenvalue weighted by Crippen LogP contribution is 2.33. The lowest BCUT2D eigenvalue weighted by atomic mass is 9.93. The summed E-state index contributed by atoms with van der Waals surface area (Å²) < 4.78 is 17.1. The molecule has 1 saturated carbocycles. The molecular formula is C23H27ClN6O3. The maximum Gasteiger partial charge on any atom is 0.319 e. The van der Waals surface area contributed by atoms with Crippen LogP contribution in [0.1, 0.15) is 25.7 Å². The van der Waals surface area contributed by atoms with Gasteiger partial charge in [0.15, 0.2) is 0 Å². The first kappa shape index (κ1) is 21.9. The monoisotopic (exact) mass is 470 g/mol. The summed E-state index contributed by atoms with van der Waals surface area (Å²) >= 11 is 6.06. The first-order valence-corrected chi connectivity index (χ1v) is 11.6. The Balaban J connectivity index is 1.26. The number of morpholine rings is 1. The van der Waals surface area contributed by atoms with Crippen molar-refractivity contribution >= 4 is 34.1 Å². The molecule has 0 spiro atoms. The van der Waals surface area contributed by atoms with Crippen LogP contribution >= 0.6 is 11.6 Å². The first-order valence-electron chi connectivity index (χ1n) is 11.3. The number of nitrogens with zero attached hydrogens (tertiary/aromatic N) is 5. The fraction of sp³-hybridized carbons (Fsp3) is 0.478. The molecule has 1 aliphatic heterocycles. The highest BCUT2D eigenvalue weighted by atomic mass is 35.5. The van der Waals surface area contributed by atoms with Gasteiger partial charge in [0.05, 0.1) is 31.9 Å². The van der Waals surface area contributed by atoms with Gasteiger partial charge < -0.3 is 24.4 Å². The van der Waals surface area contributed by atoms with E-state index in [9.17, 15) is 0 Å². The molecule has 10 heteroatoms. The van der Waals surface area contributed by atoms with Gasteiger partial charge in [-0.05, 0) is 31.7 Å². The van der Waals surface area contributed by atoms with E-state index in [1.807, 2.05) is 0 Å². The topological polar surface area (TPSA) is 94.5 Å². The number of benzene rings is 1. The number of anilines is 2. The third-order valence-corrected chi connectivity index (χ3v) is 6.27. The summed E-state index contributed by atoms with van der Waals surface area (Å²) in [6.07, 6.45) is 7.33. The molecule has 3 heterocycles. The Bertz CT molecular complexity index is 1100. The second kappa shape index (κ2) is 9.93. The SMILES string of the molecule is COc1nc(Cl)cc(NC2CCC(Oc3cc(N4CCOCC4)cc4nccnc34)CC2)n1. The van der Waals surface area contributed by atoms with Gasteiger partial charge in [-0.15, -0.1) is 0 Å². The molecule has 0 atom stereocenters. The molecule has 0 bridgehead atoms. The van der Waals surface area contributed by atoms with Gasteiger partial charge in [0.2, 0.25) is 0 Å². The van der Waals surface area contributed by atoms with E-state index in [1.165, 1.54) is 7.11 Å². The predicted molar refractivity (Wildman–Crippen MR) is 126 cm³/mol. The molecule has 2 aromatic heterocycles. The Kier molecular flexibility index (Phi) is 6.59. The Labute approximate surface area is 197 Å². The maximum atomic E-state index is 6.50. The summed E-state index contributed by atoms with van der Waals surface area (Å²) in [5.41, 5.74) is 2.75. The Hall–Kier alpha value is -2.91. The lowest BCUT2D eigenvalue weighted by Crippen LogP contribution is -2.36. The molecule has 0 unspecified atom stereocenters. The number of fused-ring (bicyclic) bond motifs is 1. The zero-order valence-electron chi connectivity index (χ0n) is 18.5. The van der Waals surface area contributed by atoms with E-state index in [0.717, 1.165) is 74.5 Å². The average molecular weight is 471 g/mol. The standard InChI is InChI=1S/C23H27ClN6O3/c1-31-23-28-20(24)14-21(29-23)27-15-2-4-17(5-3-15)33-19-13-16(30-8-10-32-11-9-30)12-18-22(19)26-7-6-25-18/h6-7,12-15,17H,2-5,8-11H2,1H3,(H,27,28,29). The number of ether oxygens (including phenoxy) is 3. The minimum Gasteiger partial charge on any atom is -0.488 e. The van der Waals surface area contributed by atoms with Gasteiger partial charge in [-0.25, -0.2) is 4.98 Å². The fourth-order valence-corrected chi connectivity index (χ4v) is 4.57.